The molecule has 0 saturated carbocycles. The minimum Gasteiger partial charge on any atom is -0.351 e. The molecule has 0 saturated heterocycles. The quantitative estimate of drug-likeness (QED) is 0.788. The first-order valence-electron chi connectivity index (χ1n) is 7.50. The molecule has 2 aromatic carbocycles. The highest BCUT2D eigenvalue weighted by molar-refractivity contribution is 6.31. The van der Waals surface area contributed by atoms with Gasteiger partial charge in [0.2, 0.25) is 11.8 Å². The van der Waals surface area contributed by atoms with Gasteiger partial charge in [-0.2, -0.15) is 0 Å². The summed E-state index contributed by atoms with van der Waals surface area (Å²) >= 11 is 6.02. The molecule has 0 radical (unpaired) electrons. The van der Waals surface area contributed by atoms with Gasteiger partial charge in [0.25, 0.3) is 0 Å². The second-order valence-electron chi connectivity index (χ2n) is 5.98. The van der Waals surface area contributed by atoms with Crippen LogP contribution in [0.15, 0.2) is 42.5 Å². The van der Waals surface area contributed by atoms with Crippen molar-refractivity contribution in [1.29, 1.82) is 0 Å². The standard InChI is InChI=1S/C18H17ClF2N2O2/c1-18(2,16(24)22-10-11-5-3-4-6-13(11)19)17(25)23-15-8-7-12(20)9-14(15)21/h3-9H,10H2,1-2H3,(H,22,24)(H,23,25). The molecule has 0 aromatic heterocycles. The van der Waals surface area contributed by atoms with Crippen molar-refractivity contribution in [3.05, 3.63) is 64.7 Å². The zero-order valence-electron chi connectivity index (χ0n) is 13.7. The van der Waals surface area contributed by atoms with Gasteiger partial charge in [0.1, 0.15) is 17.0 Å². The lowest BCUT2D eigenvalue weighted by atomic mass is 9.90. The monoisotopic (exact) mass is 366 g/mol. The molecule has 0 aliphatic carbocycles. The fourth-order valence-electron chi connectivity index (χ4n) is 2.01. The van der Waals surface area contributed by atoms with Crippen molar-refractivity contribution in [1.82, 2.24) is 5.32 Å². The maximum Gasteiger partial charge on any atom is 0.239 e. The number of hydrogen-bond donors (Lipinski definition) is 2. The summed E-state index contributed by atoms with van der Waals surface area (Å²) in [4.78, 5) is 24.7. The third-order valence-electron chi connectivity index (χ3n) is 3.71. The largest absolute Gasteiger partial charge is 0.351 e. The molecule has 0 aliphatic rings. The van der Waals surface area contributed by atoms with E-state index in [0.29, 0.717) is 16.7 Å². The first-order chi connectivity index (χ1) is 11.7. The van der Waals surface area contributed by atoms with Crippen molar-refractivity contribution in [2.45, 2.75) is 20.4 Å². The summed E-state index contributed by atoms with van der Waals surface area (Å²) in [7, 11) is 0. The van der Waals surface area contributed by atoms with Gasteiger partial charge in [0.05, 0.1) is 5.69 Å². The Bertz CT molecular complexity index is 809. The fraction of sp³-hybridized carbons (Fsp3) is 0.222. The summed E-state index contributed by atoms with van der Waals surface area (Å²) in [5.74, 6) is -2.94. The van der Waals surface area contributed by atoms with E-state index in [-0.39, 0.29) is 12.2 Å². The zero-order chi connectivity index (χ0) is 18.6. The zero-order valence-corrected chi connectivity index (χ0v) is 14.5. The van der Waals surface area contributed by atoms with Crippen molar-refractivity contribution in [2.24, 2.45) is 5.41 Å². The molecule has 4 nitrogen and oxygen atoms in total. The Hall–Kier alpha value is -2.47. The summed E-state index contributed by atoms with van der Waals surface area (Å²) in [6.45, 7) is 2.97. The normalized spacial score (nSPS) is 11.1. The predicted octanol–water partition coefficient (Wildman–Crippen LogP) is 3.90. The lowest BCUT2D eigenvalue weighted by Crippen LogP contribution is -2.45. The highest BCUT2D eigenvalue weighted by atomic mass is 35.5. The molecule has 0 atom stereocenters. The maximum atomic E-state index is 13.6. The van der Waals surface area contributed by atoms with Gasteiger partial charge in [-0.05, 0) is 37.6 Å². The number of amides is 2. The van der Waals surface area contributed by atoms with Crippen molar-refractivity contribution in [2.75, 3.05) is 5.32 Å². The van der Waals surface area contributed by atoms with Crippen LogP contribution in [0.2, 0.25) is 5.02 Å². The maximum absolute atomic E-state index is 13.6. The van der Waals surface area contributed by atoms with Gasteiger partial charge in [-0.15, -0.1) is 0 Å². The summed E-state index contributed by atoms with van der Waals surface area (Å²) in [6.07, 6.45) is 0. The van der Waals surface area contributed by atoms with Crippen molar-refractivity contribution in [3.63, 3.8) is 0 Å². The first kappa shape index (κ1) is 18.9. The Morgan fingerprint density at radius 2 is 1.76 bits per heavy atom. The van der Waals surface area contributed by atoms with Crippen LogP contribution in [0.1, 0.15) is 19.4 Å². The van der Waals surface area contributed by atoms with E-state index < -0.39 is 28.9 Å². The average Bonchev–Trinajstić information content (AvgIpc) is 2.56. The fourth-order valence-corrected chi connectivity index (χ4v) is 2.21. The molecule has 25 heavy (non-hydrogen) atoms. The summed E-state index contributed by atoms with van der Waals surface area (Å²) in [6, 6.07) is 9.76. The molecule has 7 heteroatoms. The predicted molar refractivity (Wildman–Crippen MR) is 92.1 cm³/mol. The van der Waals surface area contributed by atoms with E-state index in [4.69, 9.17) is 11.6 Å². The molecule has 0 fully saturated rings. The van der Waals surface area contributed by atoms with Crippen LogP contribution in [0, 0.1) is 17.0 Å². The second kappa shape index (κ2) is 7.61. The molecule has 0 unspecified atom stereocenters. The SMILES string of the molecule is CC(C)(C(=O)NCc1ccccc1Cl)C(=O)Nc1ccc(F)cc1F. The Morgan fingerprint density at radius 1 is 1.08 bits per heavy atom. The van der Waals surface area contributed by atoms with Gasteiger partial charge in [-0.1, -0.05) is 29.8 Å². The van der Waals surface area contributed by atoms with E-state index in [2.05, 4.69) is 10.6 Å². The first-order valence-corrected chi connectivity index (χ1v) is 7.88. The van der Waals surface area contributed by atoms with Crippen LogP contribution >= 0.6 is 11.6 Å². The van der Waals surface area contributed by atoms with E-state index >= 15 is 0 Å². The lowest BCUT2D eigenvalue weighted by molar-refractivity contribution is -0.138. The molecule has 2 amide bonds. The minimum atomic E-state index is -1.47. The van der Waals surface area contributed by atoms with Gasteiger partial charge < -0.3 is 10.6 Å². The average molecular weight is 367 g/mol. The third-order valence-corrected chi connectivity index (χ3v) is 4.08. The number of benzene rings is 2. The molecule has 0 heterocycles. The number of hydrogen-bond acceptors (Lipinski definition) is 2. The molecule has 0 bridgehead atoms. The molecular formula is C18H17ClF2N2O2. The van der Waals surface area contributed by atoms with Crippen LogP contribution in [0.25, 0.3) is 0 Å². The van der Waals surface area contributed by atoms with E-state index in [1.165, 1.54) is 13.8 Å². The molecule has 0 aliphatic heterocycles. The molecule has 2 N–H and O–H groups in total. The van der Waals surface area contributed by atoms with Gasteiger partial charge in [0.15, 0.2) is 0 Å². The topological polar surface area (TPSA) is 58.2 Å². The van der Waals surface area contributed by atoms with E-state index in [9.17, 15) is 18.4 Å². The van der Waals surface area contributed by atoms with Crippen molar-refractivity contribution in [3.8, 4) is 0 Å². The number of nitrogens with one attached hydrogen (secondary N) is 2. The number of rotatable bonds is 5. The molecule has 2 rings (SSSR count). The molecule has 132 valence electrons. The van der Waals surface area contributed by atoms with E-state index in [0.717, 1.165) is 12.1 Å². The van der Waals surface area contributed by atoms with Crippen LogP contribution in [0.4, 0.5) is 14.5 Å². The van der Waals surface area contributed by atoms with Gasteiger partial charge in [-0.25, -0.2) is 8.78 Å². The highest BCUT2D eigenvalue weighted by Gasteiger charge is 2.36. The highest BCUT2D eigenvalue weighted by Crippen LogP contribution is 2.22. The van der Waals surface area contributed by atoms with Crippen molar-refractivity contribution >= 4 is 29.1 Å². The number of halogens is 3. The number of anilines is 1. The van der Waals surface area contributed by atoms with Crippen LogP contribution in [0.5, 0.6) is 0 Å². The summed E-state index contributed by atoms with van der Waals surface area (Å²) in [5, 5.41) is 5.43. The van der Waals surface area contributed by atoms with E-state index in [1.54, 1.807) is 24.3 Å². The summed E-state index contributed by atoms with van der Waals surface area (Å²) in [5.41, 5.74) is -0.959. The molecule has 2 aromatic rings. The van der Waals surface area contributed by atoms with Crippen LogP contribution < -0.4 is 10.6 Å². The summed E-state index contributed by atoms with van der Waals surface area (Å²) < 4.78 is 26.6. The third kappa shape index (κ3) is 4.54. The Kier molecular flexibility index (Phi) is 5.74. The number of carbonyl (C=O) groups is 2. The molecule has 0 spiro atoms. The van der Waals surface area contributed by atoms with Gasteiger partial charge in [-0.3, -0.25) is 9.59 Å². The van der Waals surface area contributed by atoms with Gasteiger partial charge in [0, 0.05) is 17.6 Å². The second-order valence-corrected chi connectivity index (χ2v) is 6.38. The minimum absolute atomic E-state index is 0.153. The molecular weight excluding hydrogens is 350 g/mol. The number of carbonyl (C=O) groups excluding carboxylic acids is 2. The Balaban J connectivity index is 2.04. The smallest absolute Gasteiger partial charge is 0.239 e. The van der Waals surface area contributed by atoms with Crippen molar-refractivity contribution < 1.29 is 18.4 Å². The Morgan fingerprint density at radius 3 is 2.40 bits per heavy atom. The van der Waals surface area contributed by atoms with Crippen LogP contribution in [-0.2, 0) is 16.1 Å². The van der Waals surface area contributed by atoms with Gasteiger partial charge >= 0.3 is 0 Å². The van der Waals surface area contributed by atoms with E-state index in [1.807, 2.05) is 0 Å². The Labute approximate surface area is 149 Å². The lowest BCUT2D eigenvalue weighted by Gasteiger charge is -2.23. The van der Waals surface area contributed by atoms with Crippen LogP contribution in [-0.4, -0.2) is 11.8 Å². The van der Waals surface area contributed by atoms with Crippen LogP contribution in [0.3, 0.4) is 0 Å².